The Labute approximate surface area is 81.9 Å². The smallest absolute Gasteiger partial charge is 0.321 e. The van der Waals surface area contributed by atoms with E-state index in [1.165, 1.54) is 0 Å². The van der Waals surface area contributed by atoms with Crippen LogP contribution in [0.5, 0.6) is 0 Å². The molecule has 1 radical (unpaired) electrons. The van der Waals surface area contributed by atoms with Crippen molar-refractivity contribution in [2.45, 2.75) is 25.1 Å². The first-order valence-electron chi connectivity index (χ1n) is 2.55. The maximum absolute atomic E-state index is 9.96. The van der Waals surface area contributed by atoms with Crippen LogP contribution in [0, 0.1) is 0 Å². The van der Waals surface area contributed by atoms with Gasteiger partial charge in [-0.05, 0) is 6.42 Å². The molecular formula is C5H9ClNaO2. The van der Waals surface area contributed by atoms with Crippen LogP contribution in [0.1, 0.15) is 19.8 Å². The predicted octanol–water partition coefficient (Wildman–Crippen LogP) is 1.10. The van der Waals surface area contributed by atoms with Crippen LogP contribution in [0.4, 0.5) is 0 Å². The molecule has 0 saturated carbocycles. The Hall–Kier alpha value is 0.760. The largest absolute Gasteiger partial charge is 0.480 e. The summed E-state index contributed by atoms with van der Waals surface area (Å²) >= 11 is 5.32. The van der Waals surface area contributed by atoms with Crippen LogP contribution in [-0.4, -0.2) is 46.0 Å². The van der Waals surface area contributed by atoms with Gasteiger partial charge in [-0.1, -0.05) is 13.3 Å². The van der Waals surface area contributed by atoms with Gasteiger partial charge in [0.2, 0.25) is 0 Å². The summed E-state index contributed by atoms with van der Waals surface area (Å²) in [6, 6.07) is 0. The molecule has 9 heavy (non-hydrogen) atoms. The first-order chi connectivity index (χ1) is 3.68. The monoisotopic (exact) mass is 159 g/mol. The molecule has 49 valence electrons. The summed E-state index contributed by atoms with van der Waals surface area (Å²) in [4.78, 5) is 9.96. The van der Waals surface area contributed by atoms with E-state index in [9.17, 15) is 4.79 Å². The zero-order valence-electron chi connectivity index (χ0n) is 5.72. The fourth-order valence-electron chi connectivity index (χ4n) is 0.377. The second-order valence-corrected chi connectivity index (χ2v) is 2.12. The van der Waals surface area contributed by atoms with Gasteiger partial charge < -0.3 is 5.11 Å². The Balaban J connectivity index is 0. The van der Waals surface area contributed by atoms with Gasteiger partial charge in [-0.15, -0.1) is 11.6 Å². The third-order valence-electron chi connectivity index (χ3n) is 0.810. The molecule has 4 heteroatoms. The van der Waals surface area contributed by atoms with Crippen molar-refractivity contribution in [1.29, 1.82) is 0 Å². The van der Waals surface area contributed by atoms with Gasteiger partial charge in [0.25, 0.3) is 0 Å². The number of carbonyl (C=O) groups is 1. The number of hydrogen-bond donors (Lipinski definition) is 1. The summed E-state index contributed by atoms with van der Waals surface area (Å²) in [5.41, 5.74) is 0. The van der Waals surface area contributed by atoms with E-state index in [1.807, 2.05) is 6.92 Å². The molecule has 1 N–H and O–H groups in total. The number of carboxylic acid groups (broad SMARTS) is 1. The zero-order chi connectivity index (χ0) is 6.57. The second kappa shape index (κ2) is 6.87. The van der Waals surface area contributed by atoms with E-state index in [1.54, 1.807) is 0 Å². The fourth-order valence-corrected chi connectivity index (χ4v) is 0.595. The molecule has 0 aromatic heterocycles. The molecule has 0 spiro atoms. The summed E-state index contributed by atoms with van der Waals surface area (Å²) in [6.45, 7) is 1.90. The average Bonchev–Trinajstić information content (AvgIpc) is 1.67. The molecule has 1 unspecified atom stereocenters. The molecule has 0 bridgehead atoms. The maximum atomic E-state index is 9.96. The van der Waals surface area contributed by atoms with E-state index in [-0.39, 0.29) is 29.6 Å². The van der Waals surface area contributed by atoms with E-state index in [2.05, 4.69) is 0 Å². The molecule has 0 fully saturated rings. The van der Waals surface area contributed by atoms with Gasteiger partial charge in [0, 0.05) is 29.6 Å². The van der Waals surface area contributed by atoms with Crippen molar-refractivity contribution in [2.24, 2.45) is 0 Å². The first kappa shape index (κ1) is 12.4. The fraction of sp³-hybridized carbons (Fsp3) is 0.800. The Morgan fingerprint density at radius 1 is 1.78 bits per heavy atom. The number of hydrogen-bond acceptors (Lipinski definition) is 1. The van der Waals surface area contributed by atoms with Crippen LogP contribution >= 0.6 is 11.6 Å². The molecule has 0 heterocycles. The maximum Gasteiger partial charge on any atom is 0.321 e. The number of rotatable bonds is 3. The van der Waals surface area contributed by atoms with E-state index in [0.717, 1.165) is 6.42 Å². The molecular weight excluding hydrogens is 150 g/mol. The van der Waals surface area contributed by atoms with Crippen molar-refractivity contribution in [1.82, 2.24) is 0 Å². The van der Waals surface area contributed by atoms with Crippen LogP contribution < -0.4 is 0 Å². The summed E-state index contributed by atoms with van der Waals surface area (Å²) in [5, 5.41) is 7.49. The molecule has 0 aromatic rings. The van der Waals surface area contributed by atoms with Gasteiger partial charge in [0.05, 0.1) is 0 Å². The van der Waals surface area contributed by atoms with Crippen LogP contribution in [0.3, 0.4) is 0 Å². The van der Waals surface area contributed by atoms with Crippen molar-refractivity contribution < 1.29 is 9.90 Å². The van der Waals surface area contributed by atoms with E-state index < -0.39 is 11.3 Å². The van der Waals surface area contributed by atoms with E-state index in [0.29, 0.717) is 6.42 Å². The number of halogens is 1. The molecule has 0 rings (SSSR count). The third-order valence-corrected chi connectivity index (χ3v) is 1.21. The molecule has 0 aliphatic carbocycles. The minimum absolute atomic E-state index is 0. The van der Waals surface area contributed by atoms with Gasteiger partial charge in [0.1, 0.15) is 5.38 Å². The van der Waals surface area contributed by atoms with Crippen molar-refractivity contribution in [3.05, 3.63) is 0 Å². The first-order valence-corrected chi connectivity index (χ1v) is 2.99. The van der Waals surface area contributed by atoms with Crippen LogP contribution in [0.15, 0.2) is 0 Å². The van der Waals surface area contributed by atoms with Crippen LogP contribution in [0.2, 0.25) is 0 Å². The molecule has 1 atom stereocenters. The molecule has 0 aromatic carbocycles. The van der Waals surface area contributed by atoms with Gasteiger partial charge in [-0.25, -0.2) is 0 Å². The van der Waals surface area contributed by atoms with Crippen molar-refractivity contribution in [3.8, 4) is 0 Å². The van der Waals surface area contributed by atoms with Gasteiger partial charge in [-0.2, -0.15) is 0 Å². The quantitative estimate of drug-likeness (QED) is 0.495. The summed E-state index contributed by atoms with van der Waals surface area (Å²) in [7, 11) is 0. The second-order valence-electron chi connectivity index (χ2n) is 1.59. The minimum Gasteiger partial charge on any atom is -0.480 e. The predicted molar refractivity (Wildman–Crippen MR) is 37.9 cm³/mol. The average molecular weight is 160 g/mol. The van der Waals surface area contributed by atoms with Gasteiger partial charge in [-0.3, -0.25) is 4.79 Å². The van der Waals surface area contributed by atoms with Crippen molar-refractivity contribution >= 4 is 47.1 Å². The number of aliphatic carboxylic acids is 1. The summed E-state index contributed by atoms with van der Waals surface area (Å²) in [5.74, 6) is -0.923. The van der Waals surface area contributed by atoms with Gasteiger partial charge in [0.15, 0.2) is 0 Å². The van der Waals surface area contributed by atoms with Crippen molar-refractivity contribution in [3.63, 3.8) is 0 Å². The van der Waals surface area contributed by atoms with E-state index in [4.69, 9.17) is 16.7 Å². The topological polar surface area (TPSA) is 37.3 Å². The number of alkyl halides is 1. The van der Waals surface area contributed by atoms with Gasteiger partial charge >= 0.3 is 5.97 Å². The Morgan fingerprint density at radius 3 is 2.33 bits per heavy atom. The Kier molecular flexibility index (Phi) is 9.50. The summed E-state index contributed by atoms with van der Waals surface area (Å²) in [6.07, 6.45) is 1.37. The van der Waals surface area contributed by atoms with Crippen LogP contribution in [0.25, 0.3) is 0 Å². The SMILES string of the molecule is CCCC(Cl)C(=O)O.[Na]. The molecule has 0 saturated heterocycles. The number of carboxylic acids is 1. The minimum atomic E-state index is -0.923. The molecule has 0 aliphatic rings. The summed E-state index contributed by atoms with van der Waals surface area (Å²) < 4.78 is 0. The molecule has 2 nitrogen and oxygen atoms in total. The Morgan fingerprint density at radius 2 is 2.22 bits per heavy atom. The zero-order valence-corrected chi connectivity index (χ0v) is 8.48. The van der Waals surface area contributed by atoms with Crippen LogP contribution in [-0.2, 0) is 4.79 Å². The standard InChI is InChI=1S/C5H9ClO2.Na/c1-2-3-4(6)5(7)8;/h4H,2-3H2,1H3,(H,7,8);. The Bertz CT molecular complexity index is 87.0. The third kappa shape index (κ3) is 6.65. The molecule has 0 amide bonds. The van der Waals surface area contributed by atoms with E-state index >= 15 is 0 Å². The molecule has 0 aliphatic heterocycles. The normalized spacial score (nSPS) is 11.8. The van der Waals surface area contributed by atoms with Crippen molar-refractivity contribution in [2.75, 3.05) is 0 Å².